The lowest BCUT2D eigenvalue weighted by molar-refractivity contribution is -0.142. The van der Waals surface area contributed by atoms with Gasteiger partial charge in [0.2, 0.25) is 5.91 Å². The van der Waals surface area contributed by atoms with Gasteiger partial charge in [0, 0.05) is 23.4 Å². The van der Waals surface area contributed by atoms with E-state index in [2.05, 4.69) is 0 Å². The lowest BCUT2D eigenvalue weighted by atomic mass is 9.99. The summed E-state index contributed by atoms with van der Waals surface area (Å²) in [6, 6.07) is 5.88. The van der Waals surface area contributed by atoms with Gasteiger partial charge in [-0.1, -0.05) is 6.07 Å². The van der Waals surface area contributed by atoms with Crippen molar-refractivity contribution >= 4 is 23.2 Å². The van der Waals surface area contributed by atoms with Crippen molar-refractivity contribution in [2.75, 3.05) is 0 Å². The largest absolute Gasteiger partial charge is 0.481 e. The van der Waals surface area contributed by atoms with Crippen molar-refractivity contribution in [3.8, 4) is 0 Å². The van der Waals surface area contributed by atoms with Crippen LogP contribution in [0.4, 0.5) is 8.78 Å². The fourth-order valence-electron chi connectivity index (χ4n) is 2.86. The Bertz CT molecular complexity index is 748. The van der Waals surface area contributed by atoms with E-state index in [0.717, 1.165) is 23.1 Å². The van der Waals surface area contributed by atoms with E-state index in [1.54, 1.807) is 17.5 Å². The van der Waals surface area contributed by atoms with Crippen LogP contribution in [0.25, 0.3) is 0 Å². The van der Waals surface area contributed by atoms with Crippen LogP contribution in [0.2, 0.25) is 0 Å². The van der Waals surface area contributed by atoms with Gasteiger partial charge in [0.1, 0.15) is 11.6 Å². The molecular formula is C16H13F2NO3S. The average Bonchev–Trinajstić information content (AvgIpc) is 3.11. The zero-order chi connectivity index (χ0) is 16.6. The van der Waals surface area contributed by atoms with Crippen LogP contribution in [0.3, 0.4) is 0 Å². The normalized spacial score (nSPS) is 21.0. The van der Waals surface area contributed by atoms with Gasteiger partial charge in [0.05, 0.1) is 12.0 Å². The standard InChI is InChI=1S/C16H13F2NO3S/c17-10-3-4-12(18)9(6-10)8-19-14(20)7-11(16(21)22)15(19)13-2-1-5-23-13/h1-6,11,15H,7-8H2,(H,21,22)/t11-,15-/m1/s1. The Kier molecular flexibility index (Phi) is 4.12. The van der Waals surface area contributed by atoms with Crippen molar-refractivity contribution in [2.45, 2.75) is 19.0 Å². The van der Waals surface area contributed by atoms with Crippen molar-refractivity contribution in [1.82, 2.24) is 4.90 Å². The number of likely N-dealkylation sites (tertiary alicyclic amines) is 1. The number of aliphatic carboxylic acids is 1. The minimum Gasteiger partial charge on any atom is -0.481 e. The molecule has 23 heavy (non-hydrogen) atoms. The molecular weight excluding hydrogens is 324 g/mol. The van der Waals surface area contributed by atoms with E-state index < -0.39 is 29.6 Å². The summed E-state index contributed by atoms with van der Waals surface area (Å²) in [4.78, 5) is 25.8. The molecule has 1 saturated heterocycles. The molecule has 0 spiro atoms. The van der Waals surface area contributed by atoms with Gasteiger partial charge in [0.15, 0.2) is 0 Å². The van der Waals surface area contributed by atoms with Gasteiger partial charge >= 0.3 is 5.97 Å². The van der Waals surface area contributed by atoms with Crippen molar-refractivity contribution in [3.63, 3.8) is 0 Å². The zero-order valence-corrected chi connectivity index (χ0v) is 12.7. The van der Waals surface area contributed by atoms with E-state index >= 15 is 0 Å². The van der Waals surface area contributed by atoms with E-state index in [1.807, 2.05) is 0 Å². The highest BCUT2D eigenvalue weighted by atomic mass is 32.1. The molecule has 1 aromatic heterocycles. The molecule has 2 atom stereocenters. The highest BCUT2D eigenvalue weighted by Gasteiger charge is 2.45. The number of hydrogen-bond acceptors (Lipinski definition) is 3. The lowest BCUT2D eigenvalue weighted by Crippen LogP contribution is -2.30. The highest BCUT2D eigenvalue weighted by molar-refractivity contribution is 7.10. The van der Waals surface area contributed by atoms with Gasteiger partial charge < -0.3 is 10.0 Å². The van der Waals surface area contributed by atoms with Crippen molar-refractivity contribution in [2.24, 2.45) is 5.92 Å². The van der Waals surface area contributed by atoms with Crippen LogP contribution in [0.1, 0.15) is 22.9 Å². The van der Waals surface area contributed by atoms with Gasteiger partial charge in [-0.3, -0.25) is 9.59 Å². The molecule has 0 aliphatic carbocycles. The maximum Gasteiger partial charge on any atom is 0.309 e. The zero-order valence-electron chi connectivity index (χ0n) is 11.9. The second-order valence-electron chi connectivity index (χ2n) is 5.37. The first-order chi connectivity index (χ1) is 11.0. The number of thiophene rings is 1. The molecule has 1 aliphatic rings. The van der Waals surface area contributed by atoms with Gasteiger partial charge in [-0.25, -0.2) is 8.78 Å². The topological polar surface area (TPSA) is 57.6 Å². The van der Waals surface area contributed by atoms with Gasteiger partial charge in [-0.2, -0.15) is 0 Å². The Labute approximate surface area is 135 Å². The van der Waals surface area contributed by atoms with E-state index in [-0.39, 0.29) is 24.4 Å². The molecule has 4 nitrogen and oxygen atoms in total. The molecule has 1 amide bonds. The van der Waals surface area contributed by atoms with E-state index in [9.17, 15) is 23.5 Å². The van der Waals surface area contributed by atoms with Crippen LogP contribution in [0.5, 0.6) is 0 Å². The molecule has 7 heteroatoms. The smallest absolute Gasteiger partial charge is 0.309 e. The summed E-state index contributed by atoms with van der Waals surface area (Å²) in [5, 5.41) is 11.2. The third-order valence-corrected chi connectivity index (χ3v) is 4.88. The van der Waals surface area contributed by atoms with Crippen LogP contribution < -0.4 is 0 Å². The van der Waals surface area contributed by atoms with Crippen LogP contribution in [0.15, 0.2) is 35.7 Å². The number of benzene rings is 1. The van der Waals surface area contributed by atoms with Crippen LogP contribution in [-0.4, -0.2) is 21.9 Å². The maximum absolute atomic E-state index is 13.9. The molecule has 3 rings (SSSR count). The number of nitrogens with zero attached hydrogens (tertiary/aromatic N) is 1. The summed E-state index contributed by atoms with van der Waals surface area (Å²) in [6.07, 6.45) is -0.144. The molecule has 0 saturated carbocycles. The lowest BCUT2D eigenvalue weighted by Gasteiger charge is -2.26. The first kappa shape index (κ1) is 15.6. The van der Waals surface area contributed by atoms with Crippen LogP contribution in [0, 0.1) is 17.6 Å². The molecule has 1 fully saturated rings. The molecule has 0 bridgehead atoms. The second-order valence-corrected chi connectivity index (χ2v) is 6.35. The highest BCUT2D eigenvalue weighted by Crippen LogP contribution is 2.41. The Hall–Kier alpha value is -2.28. The van der Waals surface area contributed by atoms with Gasteiger partial charge in [-0.15, -0.1) is 11.3 Å². The fraction of sp³-hybridized carbons (Fsp3) is 0.250. The Morgan fingerprint density at radius 2 is 2.13 bits per heavy atom. The number of amides is 1. The summed E-state index contributed by atoms with van der Waals surface area (Å²) in [5.74, 6) is -3.56. The summed E-state index contributed by atoms with van der Waals surface area (Å²) in [5.41, 5.74) is 0.0333. The van der Waals surface area contributed by atoms with Crippen molar-refractivity contribution in [1.29, 1.82) is 0 Å². The number of carbonyl (C=O) groups is 2. The van der Waals surface area contributed by atoms with Crippen LogP contribution in [-0.2, 0) is 16.1 Å². The summed E-state index contributed by atoms with van der Waals surface area (Å²) < 4.78 is 27.2. The summed E-state index contributed by atoms with van der Waals surface area (Å²) >= 11 is 1.34. The molecule has 2 heterocycles. The first-order valence-electron chi connectivity index (χ1n) is 6.97. The minimum atomic E-state index is -1.07. The van der Waals surface area contributed by atoms with E-state index in [4.69, 9.17) is 0 Å². The Balaban J connectivity index is 1.96. The summed E-state index contributed by atoms with van der Waals surface area (Å²) in [6.45, 7) is -0.158. The fourth-order valence-corrected chi connectivity index (χ4v) is 3.76. The SMILES string of the molecule is O=C(O)[C@@H]1CC(=O)N(Cc2cc(F)ccc2F)[C@H]1c1cccs1. The second kappa shape index (κ2) is 6.08. The number of hydrogen-bond donors (Lipinski definition) is 1. The van der Waals surface area contributed by atoms with E-state index in [1.165, 1.54) is 16.2 Å². The molecule has 1 aromatic carbocycles. The number of halogens is 2. The molecule has 1 aliphatic heterocycles. The van der Waals surface area contributed by atoms with Crippen molar-refractivity contribution < 1.29 is 23.5 Å². The number of carboxylic acids is 1. The third-order valence-electron chi connectivity index (χ3n) is 3.93. The summed E-state index contributed by atoms with van der Waals surface area (Å²) in [7, 11) is 0. The molecule has 0 radical (unpaired) electrons. The van der Waals surface area contributed by atoms with Gasteiger partial charge in [0.25, 0.3) is 0 Å². The molecule has 2 aromatic rings. The third kappa shape index (κ3) is 2.96. The Morgan fingerprint density at radius 3 is 2.78 bits per heavy atom. The number of carboxylic acid groups (broad SMARTS) is 1. The Morgan fingerprint density at radius 1 is 1.35 bits per heavy atom. The number of carbonyl (C=O) groups excluding carboxylic acids is 1. The molecule has 1 N–H and O–H groups in total. The predicted molar refractivity (Wildman–Crippen MR) is 79.7 cm³/mol. The predicted octanol–water partition coefficient (Wildman–Crippen LogP) is 3.20. The molecule has 0 unspecified atom stereocenters. The first-order valence-corrected chi connectivity index (χ1v) is 7.85. The minimum absolute atomic E-state index is 0.0333. The van der Waals surface area contributed by atoms with Crippen LogP contribution >= 0.6 is 11.3 Å². The quantitative estimate of drug-likeness (QED) is 0.932. The van der Waals surface area contributed by atoms with E-state index in [0.29, 0.717) is 0 Å². The van der Waals surface area contributed by atoms with Gasteiger partial charge in [-0.05, 0) is 29.6 Å². The average molecular weight is 337 g/mol. The number of rotatable bonds is 4. The molecule has 120 valence electrons. The van der Waals surface area contributed by atoms with Crippen molar-refractivity contribution in [3.05, 3.63) is 57.8 Å². The monoisotopic (exact) mass is 337 g/mol. The maximum atomic E-state index is 13.9.